The Kier molecular flexibility index (Phi) is 8.33. The molecule has 156 valence electrons. The fourth-order valence-corrected chi connectivity index (χ4v) is 2.42. The lowest BCUT2D eigenvalue weighted by Gasteiger charge is -2.15. The largest absolute Gasteiger partial charge is 0.494 e. The number of hydrazine groups is 1. The van der Waals surface area contributed by atoms with E-state index in [1.807, 2.05) is 13.8 Å². The van der Waals surface area contributed by atoms with Crippen molar-refractivity contribution in [3.05, 3.63) is 53.6 Å². The van der Waals surface area contributed by atoms with Crippen molar-refractivity contribution in [3.63, 3.8) is 0 Å². The lowest BCUT2D eigenvalue weighted by Crippen LogP contribution is -2.41. The Labute approximate surface area is 171 Å². The van der Waals surface area contributed by atoms with E-state index in [4.69, 9.17) is 14.2 Å². The van der Waals surface area contributed by atoms with Crippen molar-refractivity contribution in [1.82, 2.24) is 10.9 Å². The number of hydrogen-bond acceptors (Lipinski definition) is 5. The molecule has 0 saturated heterocycles. The number of carbonyl (C=O) groups excluding carboxylic acids is 2. The fraction of sp³-hybridized carbons (Fsp3) is 0.364. The zero-order chi connectivity index (χ0) is 21.2. The molecule has 7 heteroatoms. The zero-order valence-corrected chi connectivity index (χ0v) is 17.3. The summed E-state index contributed by atoms with van der Waals surface area (Å²) >= 11 is 0. The monoisotopic (exact) mass is 400 g/mol. The highest BCUT2D eigenvalue weighted by Crippen LogP contribution is 2.29. The minimum absolute atomic E-state index is 0.345. The molecule has 0 heterocycles. The molecule has 0 fully saturated rings. The van der Waals surface area contributed by atoms with Crippen LogP contribution in [0.3, 0.4) is 0 Å². The van der Waals surface area contributed by atoms with Crippen LogP contribution in [0, 0.1) is 5.92 Å². The topological polar surface area (TPSA) is 85.9 Å². The van der Waals surface area contributed by atoms with E-state index in [0.717, 1.165) is 0 Å². The predicted octanol–water partition coefficient (Wildman–Crippen LogP) is 3.59. The fourth-order valence-electron chi connectivity index (χ4n) is 2.42. The van der Waals surface area contributed by atoms with E-state index in [9.17, 15) is 9.59 Å². The van der Waals surface area contributed by atoms with Gasteiger partial charge in [-0.15, -0.1) is 0 Å². The minimum atomic E-state index is -0.458. The van der Waals surface area contributed by atoms with Crippen molar-refractivity contribution in [2.24, 2.45) is 5.92 Å². The van der Waals surface area contributed by atoms with Gasteiger partial charge in [-0.2, -0.15) is 0 Å². The highest BCUT2D eigenvalue weighted by Gasteiger charge is 2.13. The van der Waals surface area contributed by atoms with Gasteiger partial charge in [0.05, 0.1) is 19.8 Å². The van der Waals surface area contributed by atoms with Gasteiger partial charge in [0.15, 0.2) is 11.5 Å². The van der Waals surface area contributed by atoms with Crippen LogP contribution in [0.15, 0.2) is 42.5 Å². The van der Waals surface area contributed by atoms with Gasteiger partial charge in [0.2, 0.25) is 0 Å². The highest BCUT2D eigenvalue weighted by molar-refractivity contribution is 5.99. The average Bonchev–Trinajstić information content (AvgIpc) is 2.71. The third-order valence-electron chi connectivity index (χ3n) is 3.79. The molecule has 2 aromatic carbocycles. The summed E-state index contributed by atoms with van der Waals surface area (Å²) in [5.41, 5.74) is 5.56. The molecule has 0 aromatic heterocycles. The van der Waals surface area contributed by atoms with E-state index < -0.39 is 11.8 Å². The molecule has 2 N–H and O–H groups in total. The Morgan fingerprint density at radius 2 is 1.38 bits per heavy atom. The molecule has 0 bridgehead atoms. The van der Waals surface area contributed by atoms with Gasteiger partial charge in [-0.25, -0.2) is 0 Å². The van der Waals surface area contributed by atoms with E-state index in [1.165, 1.54) is 0 Å². The summed E-state index contributed by atoms with van der Waals surface area (Å²) in [6.45, 7) is 9.38. The second-order valence-electron chi connectivity index (χ2n) is 6.67. The van der Waals surface area contributed by atoms with Crippen LogP contribution in [0.1, 0.15) is 48.4 Å². The van der Waals surface area contributed by atoms with Crippen LogP contribution in [0.4, 0.5) is 0 Å². The molecule has 2 amide bonds. The molecule has 2 rings (SSSR count). The van der Waals surface area contributed by atoms with Gasteiger partial charge in [0, 0.05) is 11.1 Å². The number of amides is 2. The van der Waals surface area contributed by atoms with Gasteiger partial charge in [0.1, 0.15) is 5.75 Å². The molecule has 0 radical (unpaired) electrons. The van der Waals surface area contributed by atoms with Gasteiger partial charge in [-0.05, 0) is 62.2 Å². The number of ether oxygens (including phenoxy) is 3. The quantitative estimate of drug-likeness (QED) is 0.628. The first kappa shape index (κ1) is 22.1. The molecule has 0 saturated carbocycles. The molecule has 0 spiro atoms. The summed E-state index contributed by atoms with van der Waals surface area (Å²) in [5, 5.41) is 0. The minimum Gasteiger partial charge on any atom is -0.494 e. The third-order valence-corrected chi connectivity index (χ3v) is 3.79. The molecule has 0 aliphatic heterocycles. The lowest BCUT2D eigenvalue weighted by molar-refractivity contribution is 0.0846. The van der Waals surface area contributed by atoms with Gasteiger partial charge < -0.3 is 14.2 Å². The standard InChI is InChI=1S/C22H28N2O5/c1-5-27-18-10-7-16(8-11-18)21(25)23-24-22(26)17-9-12-19(29-14-15(3)4)20(13-17)28-6-2/h7-13,15H,5-6,14H2,1-4H3,(H,23,25)(H,24,26). The first-order chi connectivity index (χ1) is 13.9. The predicted molar refractivity (Wildman–Crippen MR) is 110 cm³/mol. The van der Waals surface area contributed by atoms with E-state index in [-0.39, 0.29) is 0 Å². The Bertz CT molecular complexity index is 818. The number of hydrogen-bond donors (Lipinski definition) is 2. The number of nitrogens with one attached hydrogen (secondary N) is 2. The van der Waals surface area contributed by atoms with Crippen LogP contribution >= 0.6 is 0 Å². The molecule has 0 atom stereocenters. The van der Waals surface area contributed by atoms with Gasteiger partial charge in [-0.3, -0.25) is 20.4 Å². The molecule has 2 aromatic rings. The summed E-state index contributed by atoms with van der Waals surface area (Å²) in [4.78, 5) is 24.6. The van der Waals surface area contributed by atoms with Gasteiger partial charge in [-0.1, -0.05) is 13.8 Å². The molecule has 29 heavy (non-hydrogen) atoms. The Morgan fingerprint density at radius 3 is 1.97 bits per heavy atom. The van der Waals surface area contributed by atoms with Crippen molar-refractivity contribution in [3.8, 4) is 17.2 Å². The van der Waals surface area contributed by atoms with Crippen LogP contribution in [-0.2, 0) is 0 Å². The normalized spacial score (nSPS) is 10.4. The SMILES string of the molecule is CCOc1ccc(C(=O)NNC(=O)c2ccc(OCC(C)C)c(OCC)c2)cc1. The van der Waals surface area contributed by atoms with Gasteiger partial charge >= 0.3 is 0 Å². The molecular formula is C22H28N2O5. The first-order valence-corrected chi connectivity index (χ1v) is 9.67. The maximum atomic E-state index is 12.4. The second-order valence-corrected chi connectivity index (χ2v) is 6.67. The van der Waals surface area contributed by atoms with Crippen molar-refractivity contribution in [2.45, 2.75) is 27.7 Å². The summed E-state index contributed by atoms with van der Waals surface area (Å²) in [6.07, 6.45) is 0. The first-order valence-electron chi connectivity index (χ1n) is 9.67. The number of rotatable bonds is 9. The van der Waals surface area contributed by atoms with Crippen LogP contribution in [0.2, 0.25) is 0 Å². The van der Waals surface area contributed by atoms with Crippen LogP contribution in [-0.4, -0.2) is 31.6 Å². The van der Waals surface area contributed by atoms with E-state index in [2.05, 4.69) is 24.7 Å². The summed E-state index contributed by atoms with van der Waals surface area (Å²) in [7, 11) is 0. The summed E-state index contributed by atoms with van der Waals surface area (Å²) < 4.78 is 16.7. The number of carbonyl (C=O) groups is 2. The van der Waals surface area contributed by atoms with Crippen LogP contribution in [0.5, 0.6) is 17.2 Å². The van der Waals surface area contributed by atoms with E-state index in [0.29, 0.717) is 54.1 Å². The number of benzene rings is 2. The molecule has 7 nitrogen and oxygen atoms in total. The maximum Gasteiger partial charge on any atom is 0.269 e. The Hall–Kier alpha value is -3.22. The van der Waals surface area contributed by atoms with Crippen LogP contribution < -0.4 is 25.1 Å². The molecule has 0 unspecified atom stereocenters. The van der Waals surface area contributed by atoms with E-state index >= 15 is 0 Å². The van der Waals surface area contributed by atoms with E-state index in [1.54, 1.807) is 42.5 Å². The molecule has 0 aliphatic rings. The van der Waals surface area contributed by atoms with Crippen molar-refractivity contribution in [1.29, 1.82) is 0 Å². The summed E-state index contributed by atoms with van der Waals surface area (Å²) in [6, 6.07) is 11.6. The Morgan fingerprint density at radius 1 is 0.793 bits per heavy atom. The second kappa shape index (κ2) is 10.9. The summed E-state index contributed by atoms with van der Waals surface area (Å²) in [5.74, 6) is 1.22. The maximum absolute atomic E-state index is 12.4. The van der Waals surface area contributed by atoms with Crippen LogP contribution in [0.25, 0.3) is 0 Å². The van der Waals surface area contributed by atoms with Crippen molar-refractivity contribution >= 4 is 11.8 Å². The average molecular weight is 400 g/mol. The smallest absolute Gasteiger partial charge is 0.269 e. The third kappa shape index (κ3) is 6.71. The molecular weight excluding hydrogens is 372 g/mol. The zero-order valence-electron chi connectivity index (χ0n) is 17.3. The Balaban J connectivity index is 2.00. The van der Waals surface area contributed by atoms with Crippen molar-refractivity contribution < 1.29 is 23.8 Å². The molecule has 0 aliphatic carbocycles. The van der Waals surface area contributed by atoms with Crippen molar-refractivity contribution in [2.75, 3.05) is 19.8 Å². The highest BCUT2D eigenvalue weighted by atomic mass is 16.5. The van der Waals surface area contributed by atoms with Gasteiger partial charge in [0.25, 0.3) is 11.8 Å². The lowest BCUT2D eigenvalue weighted by atomic mass is 10.2.